The van der Waals surface area contributed by atoms with Gasteiger partial charge in [0.1, 0.15) is 11.0 Å². The number of sulfonamides is 1. The Labute approximate surface area is 222 Å². The number of nitrogens with one attached hydrogen (secondary N) is 2. The summed E-state index contributed by atoms with van der Waals surface area (Å²) in [6, 6.07) is 6.49. The summed E-state index contributed by atoms with van der Waals surface area (Å²) in [6.45, 7) is 8.37. The van der Waals surface area contributed by atoms with E-state index in [1.54, 1.807) is 45.9 Å². The van der Waals surface area contributed by atoms with E-state index in [2.05, 4.69) is 17.0 Å². The zero-order valence-electron chi connectivity index (χ0n) is 21.7. The minimum absolute atomic E-state index is 0.0167. The fraction of sp³-hybridized carbons (Fsp3) is 0.500. The molecule has 1 aliphatic rings. The second-order valence-corrected chi connectivity index (χ2v) is 12.6. The molecule has 0 bridgehead atoms. The number of carbonyl (C=O) groups is 3. The molecule has 1 amide bonds. The largest absolute Gasteiger partial charge is 0.459 e. The quantitative estimate of drug-likeness (QED) is 0.429. The number of amides is 1. The van der Waals surface area contributed by atoms with Crippen LogP contribution >= 0.6 is 11.3 Å². The second-order valence-electron chi connectivity index (χ2n) is 9.82. The summed E-state index contributed by atoms with van der Waals surface area (Å²) in [5.74, 6) is -1.96. The smallest absolute Gasteiger partial charge is 0.341 e. The Kier molecular flexibility index (Phi) is 9.49. The third kappa shape index (κ3) is 7.39. The van der Waals surface area contributed by atoms with Gasteiger partial charge >= 0.3 is 11.9 Å². The summed E-state index contributed by atoms with van der Waals surface area (Å²) < 4.78 is 38.3. The summed E-state index contributed by atoms with van der Waals surface area (Å²) in [4.78, 5) is 39.3. The predicted molar refractivity (Wildman–Crippen MR) is 141 cm³/mol. The SMILES string of the molecule is CC1CCc2c(sc(NC(=O)COC(=O)C(NS(=O)(=O)c3ccccc3)C(C)C)c2C(=O)OC(C)C)C1. The van der Waals surface area contributed by atoms with Gasteiger partial charge in [-0.25, -0.2) is 13.2 Å². The monoisotopic (exact) mass is 550 g/mol. The Balaban J connectivity index is 1.70. The average Bonchev–Trinajstić information content (AvgIpc) is 3.17. The predicted octanol–water partition coefficient (Wildman–Crippen LogP) is 3.92. The lowest BCUT2D eigenvalue weighted by atomic mass is 9.88. The molecule has 0 aliphatic heterocycles. The number of benzene rings is 1. The van der Waals surface area contributed by atoms with Gasteiger partial charge in [0.2, 0.25) is 10.0 Å². The Bertz CT molecular complexity index is 1240. The zero-order chi connectivity index (χ0) is 27.3. The van der Waals surface area contributed by atoms with Gasteiger partial charge in [0.15, 0.2) is 6.61 Å². The van der Waals surface area contributed by atoms with E-state index in [1.165, 1.54) is 23.5 Å². The Hall–Kier alpha value is -2.76. The van der Waals surface area contributed by atoms with Crippen LogP contribution in [-0.4, -0.2) is 45.0 Å². The molecule has 2 aromatic rings. The van der Waals surface area contributed by atoms with E-state index in [0.29, 0.717) is 16.5 Å². The Morgan fingerprint density at radius 3 is 2.41 bits per heavy atom. The van der Waals surface area contributed by atoms with Crippen molar-refractivity contribution >= 4 is 44.2 Å². The van der Waals surface area contributed by atoms with Crippen LogP contribution in [0.4, 0.5) is 5.00 Å². The van der Waals surface area contributed by atoms with Crippen molar-refractivity contribution in [1.29, 1.82) is 0 Å². The van der Waals surface area contributed by atoms with Crippen LogP contribution in [0.5, 0.6) is 0 Å². The molecular formula is C26H34N2O7S2. The fourth-order valence-corrected chi connectivity index (χ4v) is 6.78. The molecule has 0 saturated heterocycles. The van der Waals surface area contributed by atoms with Crippen LogP contribution in [0.2, 0.25) is 0 Å². The summed E-state index contributed by atoms with van der Waals surface area (Å²) >= 11 is 1.34. The Morgan fingerprint density at radius 2 is 1.78 bits per heavy atom. The van der Waals surface area contributed by atoms with Crippen molar-refractivity contribution in [2.75, 3.05) is 11.9 Å². The van der Waals surface area contributed by atoms with E-state index in [1.807, 2.05) is 0 Å². The average molecular weight is 551 g/mol. The van der Waals surface area contributed by atoms with Gasteiger partial charge < -0.3 is 14.8 Å². The van der Waals surface area contributed by atoms with Gasteiger partial charge in [0.25, 0.3) is 5.91 Å². The first-order valence-electron chi connectivity index (χ1n) is 12.3. The maximum atomic E-state index is 12.8. The molecule has 0 saturated carbocycles. The summed E-state index contributed by atoms with van der Waals surface area (Å²) in [5.41, 5.74) is 1.26. The molecule has 0 fully saturated rings. The van der Waals surface area contributed by atoms with Gasteiger partial charge in [-0.1, -0.05) is 39.0 Å². The van der Waals surface area contributed by atoms with Crippen molar-refractivity contribution in [3.8, 4) is 0 Å². The molecule has 37 heavy (non-hydrogen) atoms. The maximum absolute atomic E-state index is 12.8. The van der Waals surface area contributed by atoms with E-state index < -0.39 is 46.4 Å². The van der Waals surface area contributed by atoms with E-state index in [4.69, 9.17) is 9.47 Å². The van der Waals surface area contributed by atoms with Crippen molar-refractivity contribution in [1.82, 2.24) is 4.72 Å². The minimum Gasteiger partial charge on any atom is -0.459 e. The molecule has 2 unspecified atom stereocenters. The molecule has 1 heterocycles. The van der Waals surface area contributed by atoms with Crippen LogP contribution < -0.4 is 10.0 Å². The number of esters is 2. The highest BCUT2D eigenvalue weighted by molar-refractivity contribution is 7.89. The topological polar surface area (TPSA) is 128 Å². The van der Waals surface area contributed by atoms with Gasteiger partial charge in [-0.3, -0.25) is 9.59 Å². The molecule has 1 aliphatic carbocycles. The summed E-state index contributed by atoms with van der Waals surface area (Å²) in [6.07, 6.45) is 2.15. The van der Waals surface area contributed by atoms with Crippen molar-refractivity contribution in [2.45, 2.75) is 70.9 Å². The van der Waals surface area contributed by atoms with Gasteiger partial charge in [0, 0.05) is 4.88 Å². The first-order valence-corrected chi connectivity index (χ1v) is 14.6. The van der Waals surface area contributed by atoms with Crippen molar-refractivity contribution < 1.29 is 32.3 Å². The summed E-state index contributed by atoms with van der Waals surface area (Å²) in [5, 5.41) is 3.07. The van der Waals surface area contributed by atoms with Crippen LogP contribution in [-0.2, 0) is 41.9 Å². The van der Waals surface area contributed by atoms with Crippen LogP contribution in [0.25, 0.3) is 0 Å². The van der Waals surface area contributed by atoms with Gasteiger partial charge in [-0.05, 0) is 62.6 Å². The molecule has 2 atom stereocenters. The first-order chi connectivity index (χ1) is 17.4. The lowest BCUT2D eigenvalue weighted by Gasteiger charge is -2.20. The van der Waals surface area contributed by atoms with Crippen molar-refractivity contribution in [3.05, 3.63) is 46.3 Å². The lowest BCUT2D eigenvalue weighted by molar-refractivity contribution is -0.150. The highest BCUT2D eigenvalue weighted by atomic mass is 32.2. The highest BCUT2D eigenvalue weighted by Crippen LogP contribution is 2.40. The van der Waals surface area contributed by atoms with Gasteiger partial charge in [-0.15, -0.1) is 11.3 Å². The standard InChI is InChI=1S/C26H34N2O7S2/c1-15(2)23(28-37(32,33)18-9-7-6-8-10-18)26(31)34-14-21(29)27-24-22(25(30)35-16(3)4)19-12-11-17(5)13-20(19)36-24/h6-10,15-17,23,28H,11-14H2,1-5H3,(H,27,29). The Morgan fingerprint density at radius 1 is 1.11 bits per heavy atom. The molecule has 1 aromatic heterocycles. The third-order valence-corrected chi connectivity index (χ3v) is 8.54. The van der Waals surface area contributed by atoms with E-state index in [0.717, 1.165) is 29.7 Å². The van der Waals surface area contributed by atoms with Crippen molar-refractivity contribution in [3.63, 3.8) is 0 Å². The molecule has 9 nitrogen and oxygen atoms in total. The van der Waals surface area contributed by atoms with Crippen LogP contribution in [0.15, 0.2) is 35.2 Å². The number of carbonyl (C=O) groups excluding carboxylic acids is 3. The number of anilines is 1. The van der Waals surface area contributed by atoms with Crippen LogP contribution in [0, 0.1) is 11.8 Å². The lowest BCUT2D eigenvalue weighted by Crippen LogP contribution is -2.45. The molecule has 3 rings (SSSR count). The van der Waals surface area contributed by atoms with Gasteiger partial charge in [0.05, 0.1) is 16.6 Å². The number of thiophene rings is 1. The normalized spacial score (nSPS) is 16.2. The van der Waals surface area contributed by atoms with E-state index >= 15 is 0 Å². The number of rotatable bonds is 10. The van der Waals surface area contributed by atoms with Crippen LogP contribution in [0.1, 0.15) is 61.8 Å². The maximum Gasteiger partial charge on any atom is 0.341 e. The van der Waals surface area contributed by atoms with E-state index in [-0.39, 0.29) is 11.0 Å². The number of ether oxygens (including phenoxy) is 2. The third-order valence-electron chi connectivity index (χ3n) is 5.91. The zero-order valence-corrected chi connectivity index (χ0v) is 23.3. The molecule has 2 N–H and O–H groups in total. The number of hydrogen-bond acceptors (Lipinski definition) is 8. The molecule has 202 valence electrons. The van der Waals surface area contributed by atoms with Crippen molar-refractivity contribution in [2.24, 2.45) is 11.8 Å². The minimum atomic E-state index is -3.97. The molecule has 0 radical (unpaired) electrons. The number of hydrogen-bond donors (Lipinski definition) is 2. The first kappa shape index (κ1) is 28.8. The fourth-order valence-electron chi connectivity index (χ4n) is 4.01. The molecule has 11 heteroatoms. The number of fused-ring (bicyclic) bond motifs is 1. The highest BCUT2D eigenvalue weighted by Gasteiger charge is 2.32. The molecular weight excluding hydrogens is 516 g/mol. The van der Waals surface area contributed by atoms with Crippen LogP contribution in [0.3, 0.4) is 0 Å². The second kappa shape index (κ2) is 12.2. The molecule has 0 spiro atoms. The van der Waals surface area contributed by atoms with E-state index in [9.17, 15) is 22.8 Å². The molecule has 1 aromatic carbocycles. The summed E-state index contributed by atoms with van der Waals surface area (Å²) in [7, 11) is -3.97. The van der Waals surface area contributed by atoms with Gasteiger partial charge in [-0.2, -0.15) is 4.72 Å².